The van der Waals surface area contributed by atoms with Gasteiger partial charge in [-0.3, -0.25) is 0 Å². The van der Waals surface area contributed by atoms with Crippen LogP contribution in [0.5, 0.6) is 0 Å². The molecule has 0 bridgehead atoms. The van der Waals surface area contributed by atoms with E-state index in [1.54, 1.807) is 0 Å². The number of para-hydroxylation sites is 2. The highest BCUT2D eigenvalue weighted by molar-refractivity contribution is 7.78. The van der Waals surface area contributed by atoms with Crippen molar-refractivity contribution in [2.75, 3.05) is 23.9 Å². The topological polar surface area (TPSA) is 6.48 Å². The third-order valence-corrected chi connectivity index (χ3v) is 3.19. The second-order valence-electron chi connectivity index (χ2n) is 4.34. The summed E-state index contributed by atoms with van der Waals surface area (Å²) in [6.45, 7) is 0. The summed E-state index contributed by atoms with van der Waals surface area (Å²) in [6.07, 6.45) is 0. The van der Waals surface area contributed by atoms with Gasteiger partial charge in [-0.25, -0.2) is 0 Å². The summed E-state index contributed by atoms with van der Waals surface area (Å²) in [4.78, 5) is 4.07. The van der Waals surface area contributed by atoms with E-state index in [9.17, 15) is 0 Å². The second-order valence-corrected chi connectivity index (χ2v) is 4.54. The first-order chi connectivity index (χ1) is 9.74. The van der Waals surface area contributed by atoms with Gasteiger partial charge in [0, 0.05) is 30.5 Å². The van der Waals surface area contributed by atoms with Gasteiger partial charge >= 0.3 is 0 Å². The standard InChI is InChI=1S/C17H16N2S/c1-18(15-9-5-3-6-10-15)17(13-14-20)19(2)16-11-7-4-8-12-16/h3-12H,1-2H3. The number of nitrogens with zero attached hydrogens (tertiary/aromatic N) is 2. The SMILES string of the molecule is CN(C(=C=C=S)N(C)c1ccccc1)c1ccccc1. The van der Waals surface area contributed by atoms with E-state index in [4.69, 9.17) is 12.2 Å². The van der Waals surface area contributed by atoms with Gasteiger partial charge in [0.2, 0.25) is 0 Å². The average molecular weight is 280 g/mol. The smallest absolute Gasteiger partial charge is 0.167 e. The summed E-state index contributed by atoms with van der Waals surface area (Å²) in [5, 5.41) is 2.58. The lowest BCUT2D eigenvalue weighted by Gasteiger charge is -2.29. The Morgan fingerprint density at radius 1 is 0.800 bits per heavy atom. The van der Waals surface area contributed by atoms with E-state index in [0.717, 1.165) is 17.2 Å². The Hall–Kier alpha value is -2.31. The highest BCUT2D eigenvalue weighted by Gasteiger charge is 2.12. The van der Waals surface area contributed by atoms with Crippen LogP contribution in [0.25, 0.3) is 0 Å². The van der Waals surface area contributed by atoms with Crippen molar-refractivity contribution in [2.45, 2.75) is 0 Å². The molecule has 0 atom stereocenters. The minimum Gasteiger partial charge on any atom is -0.324 e. The van der Waals surface area contributed by atoms with Crippen molar-refractivity contribution in [3.05, 3.63) is 72.2 Å². The molecule has 0 fully saturated rings. The van der Waals surface area contributed by atoms with Crippen LogP contribution < -0.4 is 9.80 Å². The predicted octanol–water partition coefficient (Wildman–Crippen LogP) is 3.85. The Kier molecular flexibility index (Phi) is 4.75. The molecule has 2 aromatic carbocycles. The van der Waals surface area contributed by atoms with Crippen LogP contribution in [0.4, 0.5) is 11.4 Å². The van der Waals surface area contributed by atoms with Crippen LogP contribution in [0, 0.1) is 0 Å². The van der Waals surface area contributed by atoms with E-state index >= 15 is 0 Å². The molecule has 2 aromatic rings. The van der Waals surface area contributed by atoms with Crippen LogP contribution in [-0.4, -0.2) is 19.1 Å². The first-order valence-corrected chi connectivity index (χ1v) is 6.72. The summed E-state index contributed by atoms with van der Waals surface area (Å²) in [5.41, 5.74) is 5.16. The Morgan fingerprint density at radius 2 is 1.20 bits per heavy atom. The van der Waals surface area contributed by atoms with Crippen LogP contribution >= 0.6 is 12.2 Å². The van der Waals surface area contributed by atoms with Gasteiger partial charge in [-0.05, 0) is 42.2 Å². The monoisotopic (exact) mass is 280 g/mol. The number of anilines is 2. The minimum atomic E-state index is 0.845. The van der Waals surface area contributed by atoms with Crippen molar-refractivity contribution in [3.63, 3.8) is 0 Å². The Labute approximate surface area is 125 Å². The van der Waals surface area contributed by atoms with E-state index in [1.807, 2.05) is 84.6 Å². The van der Waals surface area contributed by atoms with Gasteiger partial charge in [0.25, 0.3) is 0 Å². The van der Waals surface area contributed by atoms with Gasteiger partial charge in [-0.1, -0.05) is 36.4 Å². The van der Waals surface area contributed by atoms with Gasteiger partial charge in [0.05, 0.1) is 0 Å². The van der Waals surface area contributed by atoms with Crippen LogP contribution in [-0.2, 0) is 0 Å². The normalized spacial score (nSPS) is 9.30. The van der Waals surface area contributed by atoms with E-state index in [-0.39, 0.29) is 0 Å². The molecule has 0 amide bonds. The highest BCUT2D eigenvalue weighted by atomic mass is 32.1. The van der Waals surface area contributed by atoms with Gasteiger partial charge < -0.3 is 9.80 Å². The Bertz CT molecular complexity index is 592. The van der Waals surface area contributed by atoms with Gasteiger partial charge in [-0.15, -0.1) is 0 Å². The molecule has 0 aliphatic carbocycles. The van der Waals surface area contributed by atoms with Crippen molar-refractivity contribution >= 4 is 28.6 Å². The minimum absolute atomic E-state index is 0.845. The molecule has 2 rings (SSSR count). The lowest BCUT2D eigenvalue weighted by atomic mass is 10.2. The fraction of sp³-hybridized carbons (Fsp3) is 0.118. The lowest BCUT2D eigenvalue weighted by molar-refractivity contribution is 0.982. The molecule has 20 heavy (non-hydrogen) atoms. The van der Waals surface area contributed by atoms with E-state index in [2.05, 4.69) is 10.8 Å². The average Bonchev–Trinajstić information content (AvgIpc) is 2.53. The summed E-state index contributed by atoms with van der Waals surface area (Å²) in [6, 6.07) is 20.2. The number of thiocarbonyl (C=S) groups is 1. The van der Waals surface area contributed by atoms with E-state index in [1.165, 1.54) is 0 Å². The third kappa shape index (κ3) is 3.17. The maximum atomic E-state index is 4.83. The van der Waals surface area contributed by atoms with Crippen molar-refractivity contribution in [2.24, 2.45) is 0 Å². The molecule has 0 spiro atoms. The molecule has 0 aliphatic heterocycles. The van der Waals surface area contributed by atoms with Crippen molar-refractivity contribution in [1.82, 2.24) is 0 Å². The number of hydrogen-bond acceptors (Lipinski definition) is 3. The van der Waals surface area contributed by atoms with Crippen LogP contribution in [0.2, 0.25) is 0 Å². The molecular weight excluding hydrogens is 264 g/mol. The summed E-state index contributed by atoms with van der Waals surface area (Å²) < 4.78 is 0. The molecule has 0 heterocycles. The maximum Gasteiger partial charge on any atom is 0.167 e. The molecule has 0 aliphatic rings. The van der Waals surface area contributed by atoms with Crippen LogP contribution in [0.1, 0.15) is 0 Å². The third-order valence-electron chi connectivity index (χ3n) is 3.09. The number of hydrogen-bond donors (Lipinski definition) is 0. The quantitative estimate of drug-likeness (QED) is 0.620. The molecule has 100 valence electrons. The first-order valence-electron chi connectivity index (χ1n) is 6.31. The van der Waals surface area contributed by atoms with Crippen LogP contribution in [0.3, 0.4) is 0 Å². The predicted molar refractivity (Wildman–Crippen MR) is 89.3 cm³/mol. The fourth-order valence-corrected chi connectivity index (χ4v) is 2.08. The molecular formula is C17H16N2S. The Balaban J connectivity index is 2.39. The molecule has 0 radical (unpaired) electrons. The van der Waals surface area contributed by atoms with Crippen molar-refractivity contribution in [1.29, 1.82) is 0 Å². The zero-order valence-corrected chi connectivity index (χ0v) is 12.4. The van der Waals surface area contributed by atoms with Crippen molar-refractivity contribution in [3.8, 4) is 0 Å². The van der Waals surface area contributed by atoms with Gasteiger partial charge in [0.15, 0.2) is 5.82 Å². The molecule has 0 saturated heterocycles. The largest absolute Gasteiger partial charge is 0.324 e. The zero-order valence-electron chi connectivity index (χ0n) is 11.6. The second kappa shape index (κ2) is 6.74. The zero-order chi connectivity index (χ0) is 14.4. The Morgan fingerprint density at radius 3 is 1.55 bits per heavy atom. The van der Waals surface area contributed by atoms with Crippen LogP contribution in [0.15, 0.2) is 72.2 Å². The van der Waals surface area contributed by atoms with E-state index < -0.39 is 0 Å². The number of rotatable bonds is 4. The molecule has 0 unspecified atom stereocenters. The van der Waals surface area contributed by atoms with Crippen molar-refractivity contribution < 1.29 is 0 Å². The molecule has 2 nitrogen and oxygen atoms in total. The summed E-state index contributed by atoms with van der Waals surface area (Å²) in [7, 11) is 3.98. The summed E-state index contributed by atoms with van der Waals surface area (Å²) in [5.74, 6) is 0.845. The fourth-order valence-electron chi connectivity index (χ4n) is 1.99. The molecule has 0 aromatic heterocycles. The maximum absolute atomic E-state index is 4.83. The number of benzene rings is 2. The summed E-state index contributed by atoms with van der Waals surface area (Å²) >= 11 is 4.83. The molecule has 0 N–H and O–H groups in total. The molecule has 3 heteroatoms. The van der Waals surface area contributed by atoms with Gasteiger partial charge in [0.1, 0.15) is 0 Å². The van der Waals surface area contributed by atoms with E-state index in [0.29, 0.717) is 0 Å². The first kappa shape index (κ1) is 14.1. The van der Waals surface area contributed by atoms with Gasteiger partial charge in [-0.2, -0.15) is 0 Å². The highest BCUT2D eigenvalue weighted by Crippen LogP contribution is 2.22. The lowest BCUT2D eigenvalue weighted by Crippen LogP contribution is -2.29. The molecule has 0 saturated carbocycles.